The molecule has 170 valence electrons. The van der Waals surface area contributed by atoms with Gasteiger partial charge in [0.1, 0.15) is 12.1 Å². The summed E-state index contributed by atoms with van der Waals surface area (Å²) in [5.41, 5.74) is 20.8. The third kappa shape index (κ3) is 11.6. The van der Waals surface area contributed by atoms with Crippen LogP contribution in [-0.4, -0.2) is 71.8 Å². The van der Waals surface area contributed by atoms with Crippen molar-refractivity contribution in [3.63, 3.8) is 0 Å². The molecule has 12 N–H and O–H groups in total. The van der Waals surface area contributed by atoms with E-state index in [4.69, 9.17) is 22.9 Å². The fraction of sp³-hybridized carbons (Fsp3) is 0.625. The van der Waals surface area contributed by atoms with Crippen LogP contribution in [0, 0.1) is 0 Å². The normalized spacial score (nSPS) is 13.4. The Morgan fingerprint density at radius 2 is 1.43 bits per heavy atom. The lowest BCUT2D eigenvalue weighted by atomic mass is 10.1. The highest BCUT2D eigenvalue weighted by Gasteiger charge is 2.28. The van der Waals surface area contributed by atoms with E-state index in [1.54, 1.807) is 0 Å². The van der Waals surface area contributed by atoms with Crippen LogP contribution in [0.3, 0.4) is 0 Å². The number of carboxylic acids is 1. The minimum absolute atomic E-state index is 0.101. The second kappa shape index (κ2) is 13.8. The van der Waals surface area contributed by atoms with Crippen LogP contribution in [0.2, 0.25) is 0 Å². The van der Waals surface area contributed by atoms with Crippen molar-refractivity contribution in [3.8, 4) is 0 Å². The highest BCUT2D eigenvalue weighted by molar-refractivity contribution is 5.95. The van der Waals surface area contributed by atoms with Gasteiger partial charge in [-0.1, -0.05) is 0 Å². The lowest BCUT2D eigenvalue weighted by Crippen LogP contribution is -2.54. The van der Waals surface area contributed by atoms with Gasteiger partial charge in [-0.3, -0.25) is 24.0 Å². The first-order valence-corrected chi connectivity index (χ1v) is 9.10. The second-order valence-corrected chi connectivity index (χ2v) is 6.47. The third-order valence-corrected chi connectivity index (χ3v) is 3.80. The van der Waals surface area contributed by atoms with Gasteiger partial charge in [-0.2, -0.15) is 0 Å². The molecule has 5 amide bonds. The van der Waals surface area contributed by atoms with E-state index >= 15 is 0 Å². The van der Waals surface area contributed by atoms with Crippen molar-refractivity contribution in [1.82, 2.24) is 16.0 Å². The van der Waals surface area contributed by atoms with Gasteiger partial charge in [0.05, 0.1) is 25.4 Å². The van der Waals surface area contributed by atoms with Crippen molar-refractivity contribution in [2.75, 3.05) is 13.1 Å². The van der Waals surface area contributed by atoms with Gasteiger partial charge in [0.25, 0.3) is 0 Å². The maximum atomic E-state index is 12.3. The summed E-state index contributed by atoms with van der Waals surface area (Å²) in [6, 6.07) is -3.96. The maximum absolute atomic E-state index is 12.3. The van der Waals surface area contributed by atoms with Crippen molar-refractivity contribution in [2.45, 2.75) is 50.2 Å². The topological polar surface area (TPSA) is 263 Å². The Kier molecular flexibility index (Phi) is 12.3. The molecule has 30 heavy (non-hydrogen) atoms. The molecule has 0 saturated carbocycles. The molecule has 0 aliphatic carbocycles. The van der Waals surface area contributed by atoms with Crippen LogP contribution in [-0.2, 0) is 28.8 Å². The summed E-state index contributed by atoms with van der Waals surface area (Å²) in [6.07, 6.45) is 0.0724. The summed E-state index contributed by atoms with van der Waals surface area (Å²) in [5.74, 6) is -5.64. The number of nitrogens with two attached hydrogens (primary N) is 4. The van der Waals surface area contributed by atoms with Gasteiger partial charge >= 0.3 is 5.97 Å². The van der Waals surface area contributed by atoms with E-state index in [-0.39, 0.29) is 6.42 Å². The highest BCUT2D eigenvalue weighted by Crippen LogP contribution is 2.02. The van der Waals surface area contributed by atoms with Gasteiger partial charge in [-0.25, -0.2) is 4.79 Å². The average Bonchev–Trinajstić information content (AvgIpc) is 2.63. The fourth-order valence-electron chi connectivity index (χ4n) is 2.29. The quantitative estimate of drug-likeness (QED) is 0.116. The summed E-state index contributed by atoms with van der Waals surface area (Å²) in [6.45, 7) is -0.262. The van der Waals surface area contributed by atoms with Gasteiger partial charge in [0.15, 0.2) is 0 Å². The molecule has 0 rings (SSSR count). The molecule has 3 unspecified atom stereocenters. The lowest BCUT2D eigenvalue weighted by Gasteiger charge is -2.21. The molecule has 0 spiro atoms. The van der Waals surface area contributed by atoms with Crippen LogP contribution >= 0.6 is 0 Å². The summed E-state index contributed by atoms with van der Waals surface area (Å²) in [4.78, 5) is 69.3. The van der Waals surface area contributed by atoms with Crippen molar-refractivity contribution in [1.29, 1.82) is 0 Å². The van der Waals surface area contributed by atoms with E-state index in [0.717, 1.165) is 0 Å². The number of primary amides is 2. The fourth-order valence-corrected chi connectivity index (χ4v) is 2.29. The number of amides is 5. The molecular weight excluding hydrogens is 402 g/mol. The molecule has 0 heterocycles. The standard InChI is InChI=1S/C16H29N7O7/c17-4-2-1-3-9(16(29)30)23-15(28)10(6-12(20)25)22-13(26)7-21-14(27)8(18)5-11(19)24/h8-10H,1-7,17-18H2,(H2,19,24)(H2,20,25)(H,21,27)(H,22,26)(H,23,28)(H,29,30). The predicted molar refractivity (Wildman–Crippen MR) is 103 cm³/mol. The zero-order chi connectivity index (χ0) is 23.3. The molecule has 14 heteroatoms. The van der Waals surface area contributed by atoms with Gasteiger partial charge in [0.2, 0.25) is 29.5 Å². The zero-order valence-corrected chi connectivity index (χ0v) is 16.4. The van der Waals surface area contributed by atoms with Gasteiger partial charge in [0, 0.05) is 0 Å². The van der Waals surface area contributed by atoms with Crippen LogP contribution in [0.25, 0.3) is 0 Å². The SMILES string of the molecule is NCCCCC(NC(=O)C(CC(N)=O)NC(=O)CNC(=O)C(N)CC(N)=O)C(=O)O. The van der Waals surface area contributed by atoms with Gasteiger partial charge in [-0.15, -0.1) is 0 Å². The number of hydrogen-bond donors (Lipinski definition) is 8. The van der Waals surface area contributed by atoms with Crippen molar-refractivity contribution >= 4 is 35.5 Å². The van der Waals surface area contributed by atoms with E-state index in [0.29, 0.717) is 19.4 Å². The molecule has 0 aliphatic rings. The van der Waals surface area contributed by atoms with Crippen molar-refractivity contribution in [2.24, 2.45) is 22.9 Å². The minimum Gasteiger partial charge on any atom is -0.480 e. The number of unbranched alkanes of at least 4 members (excludes halogenated alkanes) is 1. The Morgan fingerprint density at radius 1 is 0.833 bits per heavy atom. The third-order valence-electron chi connectivity index (χ3n) is 3.80. The number of carbonyl (C=O) groups excluding carboxylic acids is 5. The summed E-state index contributed by atoms with van der Waals surface area (Å²) >= 11 is 0. The average molecular weight is 431 g/mol. The van der Waals surface area contributed by atoms with Crippen molar-refractivity contribution < 1.29 is 33.9 Å². The number of carboxylic acid groups (broad SMARTS) is 1. The van der Waals surface area contributed by atoms with E-state index < -0.39 is 73.0 Å². The Hall–Kier alpha value is -3.26. The first-order valence-electron chi connectivity index (χ1n) is 9.10. The summed E-state index contributed by atoms with van der Waals surface area (Å²) in [7, 11) is 0. The molecule has 14 nitrogen and oxygen atoms in total. The van der Waals surface area contributed by atoms with Crippen LogP contribution in [0.15, 0.2) is 0 Å². The predicted octanol–water partition coefficient (Wildman–Crippen LogP) is -4.64. The number of hydrogen-bond acceptors (Lipinski definition) is 8. The summed E-state index contributed by atoms with van der Waals surface area (Å²) in [5, 5.41) is 15.8. The molecule has 0 aromatic heterocycles. The van der Waals surface area contributed by atoms with Gasteiger partial charge in [-0.05, 0) is 25.8 Å². The second-order valence-electron chi connectivity index (χ2n) is 6.47. The largest absolute Gasteiger partial charge is 0.480 e. The zero-order valence-electron chi connectivity index (χ0n) is 16.4. The van der Waals surface area contributed by atoms with Crippen LogP contribution < -0.4 is 38.9 Å². The van der Waals surface area contributed by atoms with Gasteiger partial charge < -0.3 is 44.0 Å². The van der Waals surface area contributed by atoms with E-state index in [9.17, 15) is 33.9 Å². The minimum atomic E-state index is -1.46. The molecule has 0 aliphatic heterocycles. The highest BCUT2D eigenvalue weighted by atomic mass is 16.4. The number of aliphatic carboxylic acids is 1. The molecule has 0 radical (unpaired) electrons. The Morgan fingerprint density at radius 3 is 1.93 bits per heavy atom. The monoisotopic (exact) mass is 431 g/mol. The van der Waals surface area contributed by atoms with Crippen LogP contribution in [0.4, 0.5) is 0 Å². The van der Waals surface area contributed by atoms with Crippen molar-refractivity contribution in [3.05, 3.63) is 0 Å². The number of rotatable bonds is 15. The molecule has 0 aromatic carbocycles. The Bertz CT molecular complexity index is 656. The Labute approximate surface area is 172 Å². The molecule has 0 saturated heterocycles. The van der Waals surface area contributed by atoms with E-state index in [2.05, 4.69) is 16.0 Å². The number of carbonyl (C=O) groups is 6. The first kappa shape index (κ1) is 26.7. The molecular formula is C16H29N7O7. The first-order chi connectivity index (χ1) is 14.0. The Balaban J connectivity index is 4.88. The summed E-state index contributed by atoms with van der Waals surface area (Å²) < 4.78 is 0. The van der Waals surface area contributed by atoms with Crippen LogP contribution in [0.1, 0.15) is 32.1 Å². The maximum Gasteiger partial charge on any atom is 0.326 e. The molecule has 0 bridgehead atoms. The molecule has 0 aromatic rings. The smallest absolute Gasteiger partial charge is 0.326 e. The van der Waals surface area contributed by atoms with E-state index in [1.807, 2.05) is 0 Å². The van der Waals surface area contributed by atoms with E-state index in [1.165, 1.54) is 0 Å². The van der Waals surface area contributed by atoms with Crippen LogP contribution in [0.5, 0.6) is 0 Å². The molecule has 3 atom stereocenters. The lowest BCUT2D eigenvalue weighted by molar-refractivity contribution is -0.142. The molecule has 0 fully saturated rings. The number of nitrogens with one attached hydrogen (secondary N) is 3.